The van der Waals surface area contributed by atoms with Crippen molar-refractivity contribution in [3.8, 4) is 0 Å². The highest BCUT2D eigenvalue weighted by Gasteiger charge is 2.21. The van der Waals surface area contributed by atoms with Crippen LogP contribution in [0.5, 0.6) is 0 Å². The van der Waals surface area contributed by atoms with Gasteiger partial charge in [-0.25, -0.2) is 0 Å². The Balaban J connectivity index is 2.22. The van der Waals surface area contributed by atoms with E-state index >= 15 is 0 Å². The molecule has 0 saturated carbocycles. The SMILES string of the molecule is O=C1C=C(O)C[C@H](c2ccccc2)C1. The van der Waals surface area contributed by atoms with Gasteiger partial charge in [0.15, 0.2) is 5.78 Å². The summed E-state index contributed by atoms with van der Waals surface area (Å²) in [6.07, 6.45) is 2.42. The van der Waals surface area contributed by atoms with Crippen LogP contribution in [0.3, 0.4) is 0 Å². The Morgan fingerprint density at radius 3 is 2.50 bits per heavy atom. The molecule has 72 valence electrons. The largest absolute Gasteiger partial charge is 0.512 e. The lowest BCUT2D eigenvalue weighted by Gasteiger charge is -2.19. The Morgan fingerprint density at radius 2 is 1.86 bits per heavy atom. The highest BCUT2D eigenvalue weighted by Crippen LogP contribution is 2.29. The van der Waals surface area contributed by atoms with E-state index in [1.165, 1.54) is 6.08 Å². The summed E-state index contributed by atoms with van der Waals surface area (Å²) in [5, 5.41) is 9.35. The van der Waals surface area contributed by atoms with Gasteiger partial charge in [-0.05, 0) is 11.5 Å². The van der Waals surface area contributed by atoms with E-state index in [0.717, 1.165) is 5.56 Å². The maximum Gasteiger partial charge on any atom is 0.159 e. The van der Waals surface area contributed by atoms with Gasteiger partial charge in [0.25, 0.3) is 0 Å². The molecule has 1 aliphatic rings. The molecule has 0 amide bonds. The minimum atomic E-state index is 0.0163. The topological polar surface area (TPSA) is 37.3 Å². The van der Waals surface area contributed by atoms with Crippen LogP contribution in [-0.4, -0.2) is 10.9 Å². The highest BCUT2D eigenvalue weighted by molar-refractivity contribution is 5.91. The standard InChI is InChI=1S/C12H12O2/c13-11-6-10(7-12(14)8-11)9-4-2-1-3-5-9/h1-5,8,10,13H,6-7H2/t10-/m0/s1. The van der Waals surface area contributed by atoms with Gasteiger partial charge in [-0.15, -0.1) is 0 Å². The fourth-order valence-electron chi connectivity index (χ4n) is 1.83. The molecule has 0 fully saturated rings. The molecule has 1 aromatic carbocycles. The first-order valence-electron chi connectivity index (χ1n) is 4.73. The van der Waals surface area contributed by atoms with Crippen molar-refractivity contribution in [2.24, 2.45) is 0 Å². The zero-order chi connectivity index (χ0) is 9.97. The number of aliphatic hydroxyl groups excluding tert-OH is 1. The molecule has 14 heavy (non-hydrogen) atoms. The fraction of sp³-hybridized carbons (Fsp3) is 0.250. The lowest BCUT2D eigenvalue weighted by molar-refractivity contribution is -0.115. The number of rotatable bonds is 1. The first kappa shape index (κ1) is 9.00. The van der Waals surface area contributed by atoms with Crippen LogP contribution in [0.25, 0.3) is 0 Å². The normalized spacial score (nSPS) is 21.9. The van der Waals surface area contributed by atoms with Gasteiger partial charge in [-0.1, -0.05) is 30.3 Å². The van der Waals surface area contributed by atoms with Crippen molar-refractivity contribution in [2.45, 2.75) is 18.8 Å². The third-order valence-corrected chi connectivity index (χ3v) is 2.50. The number of benzene rings is 1. The van der Waals surface area contributed by atoms with Crippen LogP contribution in [0, 0.1) is 0 Å². The number of ketones is 1. The number of hydrogen-bond acceptors (Lipinski definition) is 2. The van der Waals surface area contributed by atoms with Crippen LogP contribution >= 0.6 is 0 Å². The quantitative estimate of drug-likeness (QED) is 0.735. The van der Waals surface area contributed by atoms with Crippen molar-refractivity contribution >= 4 is 5.78 Å². The van der Waals surface area contributed by atoms with E-state index in [0.29, 0.717) is 12.8 Å². The van der Waals surface area contributed by atoms with Crippen LogP contribution in [0.4, 0.5) is 0 Å². The molecule has 0 aliphatic heterocycles. The van der Waals surface area contributed by atoms with Crippen LogP contribution in [0.15, 0.2) is 42.2 Å². The first-order chi connectivity index (χ1) is 6.75. The first-order valence-corrected chi connectivity index (χ1v) is 4.73. The number of hydrogen-bond donors (Lipinski definition) is 1. The van der Waals surface area contributed by atoms with E-state index < -0.39 is 0 Å². The minimum Gasteiger partial charge on any atom is -0.512 e. The maximum atomic E-state index is 11.2. The van der Waals surface area contributed by atoms with Crippen molar-refractivity contribution in [1.82, 2.24) is 0 Å². The molecule has 1 atom stereocenters. The highest BCUT2D eigenvalue weighted by atomic mass is 16.3. The fourth-order valence-corrected chi connectivity index (χ4v) is 1.83. The van der Waals surface area contributed by atoms with Crippen LogP contribution in [0.1, 0.15) is 24.3 Å². The summed E-state index contributed by atoms with van der Waals surface area (Å²) in [5.74, 6) is 0.367. The monoisotopic (exact) mass is 188 g/mol. The molecule has 1 aliphatic carbocycles. The predicted octanol–water partition coefficient (Wildman–Crippen LogP) is 2.58. The molecule has 0 aromatic heterocycles. The second-order valence-corrected chi connectivity index (χ2v) is 3.62. The van der Waals surface area contributed by atoms with E-state index in [2.05, 4.69) is 0 Å². The average molecular weight is 188 g/mol. The van der Waals surface area contributed by atoms with Gasteiger partial charge in [-0.2, -0.15) is 0 Å². The number of carbonyl (C=O) groups excluding carboxylic acids is 1. The molecular formula is C12H12O2. The molecule has 1 aromatic rings. The second kappa shape index (κ2) is 3.66. The predicted molar refractivity (Wildman–Crippen MR) is 54.1 cm³/mol. The van der Waals surface area contributed by atoms with E-state index in [-0.39, 0.29) is 17.5 Å². The van der Waals surface area contributed by atoms with Crippen molar-refractivity contribution in [2.75, 3.05) is 0 Å². The maximum absolute atomic E-state index is 11.2. The number of carbonyl (C=O) groups is 1. The van der Waals surface area contributed by atoms with Crippen molar-refractivity contribution in [3.05, 3.63) is 47.7 Å². The summed E-state index contributed by atoms with van der Waals surface area (Å²) < 4.78 is 0. The van der Waals surface area contributed by atoms with Gasteiger partial charge in [0.1, 0.15) is 0 Å². The third kappa shape index (κ3) is 1.84. The molecule has 1 N–H and O–H groups in total. The van der Waals surface area contributed by atoms with E-state index in [1.54, 1.807) is 0 Å². The lowest BCUT2D eigenvalue weighted by Crippen LogP contribution is -2.12. The third-order valence-electron chi connectivity index (χ3n) is 2.50. The lowest BCUT2D eigenvalue weighted by atomic mass is 9.86. The molecule has 2 rings (SSSR count). The molecule has 0 spiro atoms. The number of allylic oxidation sites excluding steroid dienone is 2. The Bertz CT molecular complexity index is 365. The summed E-state index contributed by atoms with van der Waals surface area (Å²) in [4.78, 5) is 11.2. The van der Waals surface area contributed by atoms with Crippen molar-refractivity contribution in [1.29, 1.82) is 0 Å². The summed E-state index contributed by atoms with van der Waals surface area (Å²) in [6.45, 7) is 0. The molecule has 0 saturated heterocycles. The van der Waals surface area contributed by atoms with Gasteiger partial charge in [0, 0.05) is 18.9 Å². The van der Waals surface area contributed by atoms with E-state index in [9.17, 15) is 9.90 Å². The Morgan fingerprint density at radius 1 is 1.14 bits per heavy atom. The average Bonchev–Trinajstić information content (AvgIpc) is 2.18. The molecule has 2 nitrogen and oxygen atoms in total. The zero-order valence-electron chi connectivity index (χ0n) is 7.81. The number of aliphatic hydroxyl groups is 1. The Hall–Kier alpha value is -1.57. The Labute approximate surface area is 82.9 Å². The molecule has 0 heterocycles. The second-order valence-electron chi connectivity index (χ2n) is 3.62. The minimum absolute atomic E-state index is 0.0163. The summed E-state index contributed by atoms with van der Waals surface area (Å²) in [7, 11) is 0. The summed E-state index contributed by atoms with van der Waals surface area (Å²) in [6, 6.07) is 9.85. The van der Waals surface area contributed by atoms with Crippen molar-refractivity contribution in [3.63, 3.8) is 0 Å². The van der Waals surface area contributed by atoms with E-state index in [4.69, 9.17) is 0 Å². The van der Waals surface area contributed by atoms with Crippen LogP contribution in [0.2, 0.25) is 0 Å². The van der Waals surface area contributed by atoms with Gasteiger partial charge < -0.3 is 5.11 Å². The summed E-state index contributed by atoms with van der Waals surface area (Å²) >= 11 is 0. The van der Waals surface area contributed by atoms with Crippen molar-refractivity contribution < 1.29 is 9.90 Å². The smallest absolute Gasteiger partial charge is 0.159 e. The molecule has 2 heteroatoms. The van der Waals surface area contributed by atoms with Crippen LogP contribution in [-0.2, 0) is 4.79 Å². The molecule has 0 radical (unpaired) electrons. The van der Waals surface area contributed by atoms with E-state index in [1.807, 2.05) is 30.3 Å². The Kier molecular flexibility index (Phi) is 2.35. The van der Waals surface area contributed by atoms with Crippen LogP contribution < -0.4 is 0 Å². The summed E-state index contributed by atoms with van der Waals surface area (Å²) in [5.41, 5.74) is 1.13. The molecule has 0 unspecified atom stereocenters. The van der Waals surface area contributed by atoms with Gasteiger partial charge >= 0.3 is 0 Å². The molecular weight excluding hydrogens is 176 g/mol. The van der Waals surface area contributed by atoms with Gasteiger partial charge in [-0.3, -0.25) is 4.79 Å². The molecule has 0 bridgehead atoms. The zero-order valence-corrected chi connectivity index (χ0v) is 7.81. The van der Waals surface area contributed by atoms with Gasteiger partial charge in [0.2, 0.25) is 0 Å². The van der Waals surface area contributed by atoms with Gasteiger partial charge in [0.05, 0.1) is 5.76 Å².